The summed E-state index contributed by atoms with van der Waals surface area (Å²) in [7, 11) is 0. The van der Waals surface area contributed by atoms with E-state index in [-0.39, 0.29) is 5.91 Å². The van der Waals surface area contributed by atoms with Crippen molar-refractivity contribution in [1.29, 1.82) is 0 Å². The van der Waals surface area contributed by atoms with Crippen molar-refractivity contribution in [2.24, 2.45) is 0 Å². The smallest absolute Gasteiger partial charge is 0.255 e. The second-order valence-electron chi connectivity index (χ2n) is 4.82. The van der Waals surface area contributed by atoms with Gasteiger partial charge in [0, 0.05) is 21.9 Å². The number of hydrogen-bond donors (Lipinski definition) is 2. The average Bonchev–Trinajstić information content (AvgIpc) is 3.09. The zero-order chi connectivity index (χ0) is 13.9. The quantitative estimate of drug-likeness (QED) is 0.801. The van der Waals surface area contributed by atoms with E-state index in [1.54, 1.807) is 6.20 Å². The highest BCUT2D eigenvalue weighted by molar-refractivity contribution is 14.1. The van der Waals surface area contributed by atoms with Crippen molar-refractivity contribution in [2.75, 3.05) is 18.4 Å². The summed E-state index contributed by atoms with van der Waals surface area (Å²) in [5, 5.41) is 10.5. The second kappa shape index (κ2) is 5.92. The average molecular weight is 382 g/mol. The monoisotopic (exact) mass is 382 g/mol. The fourth-order valence-corrected chi connectivity index (χ4v) is 2.63. The van der Waals surface area contributed by atoms with Crippen molar-refractivity contribution >= 4 is 34.2 Å². The van der Waals surface area contributed by atoms with Crippen LogP contribution in [0.2, 0.25) is 0 Å². The van der Waals surface area contributed by atoms with E-state index >= 15 is 0 Å². The molecule has 20 heavy (non-hydrogen) atoms. The molecule has 1 unspecified atom stereocenters. The third kappa shape index (κ3) is 3.01. The van der Waals surface area contributed by atoms with Gasteiger partial charge >= 0.3 is 0 Å². The van der Waals surface area contributed by atoms with E-state index in [4.69, 9.17) is 0 Å². The highest BCUT2D eigenvalue weighted by Gasteiger charge is 2.17. The highest BCUT2D eigenvalue weighted by atomic mass is 127. The Bertz CT molecular complexity index is 602. The Morgan fingerprint density at radius 3 is 2.90 bits per heavy atom. The summed E-state index contributed by atoms with van der Waals surface area (Å²) in [5.41, 5.74) is 1.39. The van der Waals surface area contributed by atoms with Crippen LogP contribution in [0.5, 0.6) is 0 Å². The molecule has 0 bridgehead atoms. The zero-order valence-electron chi connectivity index (χ0n) is 10.8. The SMILES string of the molecule is O=C(Nc1cnn(C2CCNC2)c1)c1ccc(I)cc1. The summed E-state index contributed by atoms with van der Waals surface area (Å²) < 4.78 is 3.03. The first-order chi connectivity index (χ1) is 9.72. The lowest BCUT2D eigenvalue weighted by atomic mass is 10.2. The molecular formula is C14H15IN4O. The van der Waals surface area contributed by atoms with Crippen LogP contribution < -0.4 is 10.6 Å². The van der Waals surface area contributed by atoms with Crippen molar-refractivity contribution < 1.29 is 4.79 Å². The molecule has 1 fully saturated rings. The molecule has 1 saturated heterocycles. The Morgan fingerprint density at radius 1 is 1.40 bits per heavy atom. The van der Waals surface area contributed by atoms with Crippen LogP contribution in [-0.2, 0) is 0 Å². The minimum Gasteiger partial charge on any atom is -0.319 e. The Morgan fingerprint density at radius 2 is 2.20 bits per heavy atom. The number of carbonyl (C=O) groups excluding carboxylic acids is 1. The van der Waals surface area contributed by atoms with E-state index in [1.807, 2.05) is 35.1 Å². The molecule has 0 saturated carbocycles. The number of amides is 1. The molecule has 1 aliphatic heterocycles. The third-order valence-corrected chi connectivity index (χ3v) is 4.09. The first-order valence-electron chi connectivity index (χ1n) is 6.54. The number of aromatic nitrogens is 2. The van der Waals surface area contributed by atoms with Gasteiger partial charge in [0.2, 0.25) is 0 Å². The topological polar surface area (TPSA) is 59.0 Å². The number of nitrogens with one attached hydrogen (secondary N) is 2. The number of nitrogens with zero attached hydrogens (tertiary/aromatic N) is 2. The normalized spacial score (nSPS) is 18.1. The first-order valence-corrected chi connectivity index (χ1v) is 7.62. The predicted octanol–water partition coefficient (Wildman–Crippen LogP) is 2.27. The molecule has 104 valence electrons. The Kier molecular flexibility index (Phi) is 4.02. The molecule has 1 aliphatic rings. The summed E-state index contributed by atoms with van der Waals surface area (Å²) in [6, 6.07) is 7.87. The number of anilines is 1. The lowest BCUT2D eigenvalue weighted by molar-refractivity contribution is 0.102. The lowest BCUT2D eigenvalue weighted by Gasteiger charge is -2.07. The molecule has 6 heteroatoms. The molecule has 1 aromatic heterocycles. The van der Waals surface area contributed by atoms with Gasteiger partial charge in [0.05, 0.1) is 17.9 Å². The number of benzene rings is 1. The maximum Gasteiger partial charge on any atom is 0.255 e. The van der Waals surface area contributed by atoms with E-state index in [2.05, 4.69) is 38.3 Å². The third-order valence-electron chi connectivity index (χ3n) is 3.37. The molecule has 0 radical (unpaired) electrons. The van der Waals surface area contributed by atoms with Gasteiger partial charge in [-0.2, -0.15) is 5.10 Å². The number of hydrogen-bond acceptors (Lipinski definition) is 3. The molecule has 2 aromatic rings. The van der Waals surface area contributed by atoms with Crippen LogP contribution in [0, 0.1) is 3.57 Å². The van der Waals surface area contributed by atoms with Crippen LogP contribution in [-0.4, -0.2) is 28.8 Å². The predicted molar refractivity (Wildman–Crippen MR) is 85.9 cm³/mol. The van der Waals surface area contributed by atoms with Gasteiger partial charge in [0.25, 0.3) is 5.91 Å². The van der Waals surface area contributed by atoms with E-state index < -0.39 is 0 Å². The van der Waals surface area contributed by atoms with E-state index in [0.717, 1.165) is 28.8 Å². The van der Waals surface area contributed by atoms with Gasteiger partial charge in [0.15, 0.2) is 0 Å². The Hall–Kier alpha value is -1.41. The summed E-state index contributed by atoms with van der Waals surface area (Å²) in [4.78, 5) is 12.1. The van der Waals surface area contributed by atoms with Gasteiger partial charge in [-0.3, -0.25) is 9.48 Å². The van der Waals surface area contributed by atoms with Crippen LogP contribution in [0.15, 0.2) is 36.7 Å². The fourth-order valence-electron chi connectivity index (χ4n) is 2.27. The number of carbonyl (C=O) groups is 1. The zero-order valence-corrected chi connectivity index (χ0v) is 13.0. The maximum atomic E-state index is 12.1. The lowest BCUT2D eigenvalue weighted by Crippen LogP contribution is -2.14. The number of halogens is 1. The van der Waals surface area contributed by atoms with E-state index in [1.165, 1.54) is 0 Å². The van der Waals surface area contributed by atoms with Gasteiger partial charge in [0.1, 0.15) is 0 Å². The molecule has 5 nitrogen and oxygen atoms in total. The van der Waals surface area contributed by atoms with E-state index in [0.29, 0.717) is 11.6 Å². The van der Waals surface area contributed by atoms with Crippen LogP contribution in [0.25, 0.3) is 0 Å². The molecule has 1 aromatic carbocycles. The minimum absolute atomic E-state index is 0.106. The van der Waals surface area contributed by atoms with Crippen LogP contribution in [0.1, 0.15) is 22.8 Å². The fraction of sp³-hybridized carbons (Fsp3) is 0.286. The molecule has 1 atom stereocenters. The van der Waals surface area contributed by atoms with Gasteiger partial charge in [-0.15, -0.1) is 0 Å². The van der Waals surface area contributed by atoms with Crippen LogP contribution in [0.3, 0.4) is 0 Å². The summed E-state index contributed by atoms with van der Waals surface area (Å²) in [6.45, 7) is 1.96. The Balaban J connectivity index is 1.68. The largest absolute Gasteiger partial charge is 0.319 e. The second-order valence-corrected chi connectivity index (χ2v) is 6.06. The molecule has 2 N–H and O–H groups in total. The molecule has 2 heterocycles. The summed E-state index contributed by atoms with van der Waals surface area (Å²) in [6.07, 6.45) is 4.66. The highest BCUT2D eigenvalue weighted by Crippen LogP contribution is 2.17. The molecule has 3 rings (SSSR count). The van der Waals surface area contributed by atoms with Crippen molar-refractivity contribution in [3.05, 3.63) is 45.8 Å². The van der Waals surface area contributed by atoms with Gasteiger partial charge in [-0.05, 0) is 59.8 Å². The van der Waals surface area contributed by atoms with Crippen LogP contribution in [0.4, 0.5) is 5.69 Å². The van der Waals surface area contributed by atoms with Gasteiger partial charge in [-0.25, -0.2) is 0 Å². The van der Waals surface area contributed by atoms with Crippen molar-refractivity contribution in [3.8, 4) is 0 Å². The van der Waals surface area contributed by atoms with Crippen LogP contribution >= 0.6 is 22.6 Å². The molecular weight excluding hydrogens is 367 g/mol. The standard InChI is InChI=1S/C14H15IN4O/c15-11-3-1-10(2-4-11)14(20)18-12-7-17-19(9-12)13-5-6-16-8-13/h1-4,7,9,13,16H,5-6,8H2,(H,18,20). The van der Waals surface area contributed by atoms with Crippen molar-refractivity contribution in [3.63, 3.8) is 0 Å². The van der Waals surface area contributed by atoms with Crippen molar-refractivity contribution in [1.82, 2.24) is 15.1 Å². The summed E-state index contributed by atoms with van der Waals surface area (Å²) >= 11 is 2.22. The number of rotatable bonds is 3. The summed E-state index contributed by atoms with van der Waals surface area (Å²) in [5.74, 6) is -0.106. The van der Waals surface area contributed by atoms with Gasteiger partial charge in [-0.1, -0.05) is 0 Å². The minimum atomic E-state index is -0.106. The Labute approximate surface area is 130 Å². The molecule has 0 spiro atoms. The molecule has 0 aliphatic carbocycles. The first kappa shape index (κ1) is 13.6. The molecule has 1 amide bonds. The van der Waals surface area contributed by atoms with Crippen molar-refractivity contribution in [2.45, 2.75) is 12.5 Å². The maximum absolute atomic E-state index is 12.1. The van der Waals surface area contributed by atoms with Gasteiger partial charge < -0.3 is 10.6 Å². The van der Waals surface area contributed by atoms with E-state index in [9.17, 15) is 4.79 Å².